The molecule has 0 spiro atoms. The van der Waals surface area contributed by atoms with Crippen LogP contribution in [0.3, 0.4) is 0 Å². The minimum absolute atomic E-state index is 0.0351. The molecule has 10 heteroatoms. The second-order valence-corrected chi connectivity index (χ2v) is 6.52. The molecule has 1 saturated heterocycles. The zero-order valence-corrected chi connectivity index (χ0v) is 14.7. The lowest BCUT2D eigenvalue weighted by Crippen LogP contribution is -2.48. The Labute approximate surface area is 158 Å². The van der Waals surface area contributed by atoms with E-state index in [1.54, 1.807) is 18.6 Å². The van der Waals surface area contributed by atoms with Crippen LogP contribution in [0, 0.1) is 5.82 Å². The number of hydrogen-bond acceptors (Lipinski definition) is 7. The quantitative estimate of drug-likeness (QED) is 0.716. The van der Waals surface area contributed by atoms with Crippen LogP contribution < -0.4 is 5.32 Å². The molecule has 1 aromatic carbocycles. The minimum atomic E-state index is -0.527. The average Bonchev–Trinajstić information content (AvgIpc) is 3.11. The van der Waals surface area contributed by atoms with Gasteiger partial charge in [-0.2, -0.15) is 4.98 Å². The van der Waals surface area contributed by atoms with Gasteiger partial charge in [0.15, 0.2) is 0 Å². The summed E-state index contributed by atoms with van der Waals surface area (Å²) in [5.74, 6) is 0.235. The average molecular weight is 389 g/mol. The first-order chi connectivity index (χ1) is 13.1. The summed E-state index contributed by atoms with van der Waals surface area (Å²) in [4.78, 5) is 26.5. The van der Waals surface area contributed by atoms with Crippen LogP contribution in [-0.4, -0.2) is 50.5 Å². The summed E-state index contributed by atoms with van der Waals surface area (Å²) in [6, 6.07) is 4.05. The number of anilines is 1. The van der Waals surface area contributed by atoms with Crippen molar-refractivity contribution < 1.29 is 13.7 Å². The molecule has 1 N–H and O–H groups in total. The van der Waals surface area contributed by atoms with Crippen LogP contribution in [0.1, 0.15) is 11.8 Å². The lowest BCUT2D eigenvalue weighted by Gasteiger charge is -2.36. The molecule has 1 fully saturated rings. The molecular formula is C17H14ClFN6O2. The maximum atomic E-state index is 13.1. The van der Waals surface area contributed by atoms with Gasteiger partial charge in [-0.15, -0.1) is 0 Å². The van der Waals surface area contributed by atoms with Crippen molar-refractivity contribution in [1.82, 2.24) is 25.0 Å². The van der Waals surface area contributed by atoms with Crippen molar-refractivity contribution in [3.63, 3.8) is 0 Å². The van der Waals surface area contributed by atoms with Crippen molar-refractivity contribution in [2.75, 3.05) is 25.0 Å². The van der Waals surface area contributed by atoms with Gasteiger partial charge in [-0.25, -0.2) is 9.37 Å². The summed E-state index contributed by atoms with van der Waals surface area (Å²) in [5.41, 5.74) is 0.995. The van der Waals surface area contributed by atoms with Gasteiger partial charge >= 0.3 is 0 Å². The Bertz CT molecular complexity index is 961. The third kappa shape index (κ3) is 3.93. The Morgan fingerprint density at radius 2 is 2.22 bits per heavy atom. The Morgan fingerprint density at radius 3 is 2.96 bits per heavy atom. The number of rotatable bonds is 5. The maximum absolute atomic E-state index is 13.1. The first-order valence-corrected chi connectivity index (χ1v) is 8.53. The van der Waals surface area contributed by atoms with E-state index in [1.807, 2.05) is 4.90 Å². The molecule has 0 aliphatic carbocycles. The fraction of sp³-hybridized carbons (Fsp3) is 0.235. The Kier molecular flexibility index (Phi) is 4.78. The van der Waals surface area contributed by atoms with Gasteiger partial charge in [0.05, 0.1) is 23.7 Å². The van der Waals surface area contributed by atoms with E-state index < -0.39 is 5.82 Å². The molecule has 4 rings (SSSR count). The number of likely N-dealkylation sites (tertiary alicyclic amines) is 1. The van der Waals surface area contributed by atoms with Crippen LogP contribution in [0.25, 0.3) is 11.5 Å². The normalized spacial score (nSPS) is 14.7. The van der Waals surface area contributed by atoms with Gasteiger partial charge in [0.2, 0.25) is 17.6 Å². The number of nitrogens with one attached hydrogen (secondary N) is 1. The number of hydrogen-bond donors (Lipinski definition) is 1. The maximum Gasteiger partial charge on any atom is 0.238 e. The van der Waals surface area contributed by atoms with Crippen LogP contribution >= 0.6 is 11.6 Å². The first-order valence-electron chi connectivity index (χ1n) is 8.16. The molecule has 3 aromatic rings. The second-order valence-electron chi connectivity index (χ2n) is 6.11. The van der Waals surface area contributed by atoms with Crippen molar-refractivity contribution in [2.45, 2.75) is 5.92 Å². The molecule has 0 radical (unpaired) electrons. The number of carbonyl (C=O) groups is 1. The molecule has 0 unspecified atom stereocenters. The van der Waals surface area contributed by atoms with Crippen molar-refractivity contribution >= 4 is 23.2 Å². The number of carbonyl (C=O) groups excluding carboxylic acids is 1. The van der Waals surface area contributed by atoms with Crippen LogP contribution in [0.2, 0.25) is 5.02 Å². The Balaban J connectivity index is 1.29. The van der Waals surface area contributed by atoms with Gasteiger partial charge in [-0.05, 0) is 18.2 Å². The summed E-state index contributed by atoms with van der Waals surface area (Å²) in [5, 5.41) is 6.57. The van der Waals surface area contributed by atoms with Crippen molar-refractivity contribution in [3.05, 3.63) is 53.5 Å². The van der Waals surface area contributed by atoms with E-state index >= 15 is 0 Å². The largest absolute Gasteiger partial charge is 0.339 e. The summed E-state index contributed by atoms with van der Waals surface area (Å²) in [6.07, 6.45) is 4.69. The number of amides is 1. The van der Waals surface area contributed by atoms with Crippen LogP contribution in [-0.2, 0) is 4.79 Å². The fourth-order valence-corrected chi connectivity index (χ4v) is 2.93. The molecule has 27 heavy (non-hydrogen) atoms. The monoisotopic (exact) mass is 388 g/mol. The molecule has 8 nitrogen and oxygen atoms in total. The molecule has 0 atom stereocenters. The third-order valence-corrected chi connectivity index (χ3v) is 4.40. The van der Waals surface area contributed by atoms with Gasteiger partial charge in [-0.1, -0.05) is 16.8 Å². The fourth-order valence-electron chi connectivity index (χ4n) is 2.75. The summed E-state index contributed by atoms with van der Waals surface area (Å²) in [6.45, 7) is 1.45. The molecule has 0 bridgehead atoms. The second kappa shape index (κ2) is 7.37. The van der Waals surface area contributed by atoms with Crippen LogP contribution in [0.4, 0.5) is 10.1 Å². The third-order valence-electron chi connectivity index (χ3n) is 4.11. The van der Waals surface area contributed by atoms with E-state index in [0.29, 0.717) is 36.2 Å². The van der Waals surface area contributed by atoms with Crippen molar-refractivity contribution in [2.24, 2.45) is 0 Å². The van der Waals surface area contributed by atoms with E-state index in [9.17, 15) is 9.18 Å². The highest BCUT2D eigenvalue weighted by Crippen LogP contribution is 2.27. The predicted molar refractivity (Wildman–Crippen MR) is 94.5 cm³/mol. The molecule has 2 aromatic heterocycles. The van der Waals surface area contributed by atoms with Gasteiger partial charge in [-0.3, -0.25) is 14.7 Å². The zero-order chi connectivity index (χ0) is 18.8. The van der Waals surface area contributed by atoms with Gasteiger partial charge in [0.1, 0.15) is 11.5 Å². The van der Waals surface area contributed by atoms with Gasteiger partial charge < -0.3 is 9.84 Å². The highest BCUT2D eigenvalue weighted by molar-refractivity contribution is 6.31. The van der Waals surface area contributed by atoms with Crippen molar-refractivity contribution in [1.29, 1.82) is 0 Å². The number of benzene rings is 1. The zero-order valence-electron chi connectivity index (χ0n) is 14.0. The smallest absolute Gasteiger partial charge is 0.238 e. The highest BCUT2D eigenvalue weighted by atomic mass is 35.5. The van der Waals surface area contributed by atoms with Crippen molar-refractivity contribution in [3.8, 4) is 11.5 Å². The summed E-state index contributed by atoms with van der Waals surface area (Å²) in [7, 11) is 0. The SMILES string of the molecule is O=C(CN1CC(c2nc(-c3cnccn3)no2)C1)Nc1ccc(F)c(Cl)c1. The molecule has 1 amide bonds. The van der Waals surface area contributed by atoms with Gasteiger partial charge in [0.25, 0.3) is 0 Å². The molecule has 138 valence electrons. The number of halogens is 2. The number of nitrogens with zero attached hydrogens (tertiary/aromatic N) is 5. The standard InChI is InChI=1S/C17H14ClFN6O2/c18-12-5-11(1-2-13(12)19)22-15(26)9-25-7-10(8-25)17-23-16(24-27-17)14-6-20-3-4-21-14/h1-6,10H,7-9H2,(H,22,26). The Morgan fingerprint density at radius 1 is 1.37 bits per heavy atom. The molecule has 3 heterocycles. The Hall–Kier alpha value is -2.91. The van der Waals surface area contributed by atoms with Crippen LogP contribution in [0.5, 0.6) is 0 Å². The van der Waals surface area contributed by atoms with E-state index in [4.69, 9.17) is 16.1 Å². The van der Waals surface area contributed by atoms with Gasteiger partial charge in [0, 0.05) is 31.2 Å². The highest BCUT2D eigenvalue weighted by Gasteiger charge is 2.33. The summed E-state index contributed by atoms with van der Waals surface area (Å²) < 4.78 is 18.4. The molecule has 1 aliphatic heterocycles. The van der Waals surface area contributed by atoms with E-state index in [-0.39, 0.29) is 23.4 Å². The molecular weight excluding hydrogens is 375 g/mol. The topological polar surface area (TPSA) is 97.0 Å². The predicted octanol–water partition coefficient (Wildman–Crippen LogP) is 2.36. The lowest BCUT2D eigenvalue weighted by atomic mass is 10.0. The summed E-state index contributed by atoms with van der Waals surface area (Å²) >= 11 is 5.71. The van der Waals surface area contributed by atoms with Crippen LogP contribution in [0.15, 0.2) is 41.3 Å². The molecule has 0 saturated carbocycles. The number of aromatic nitrogens is 4. The van der Waals surface area contributed by atoms with E-state index in [2.05, 4.69) is 25.4 Å². The lowest BCUT2D eigenvalue weighted by molar-refractivity contribution is -0.118. The minimum Gasteiger partial charge on any atom is -0.339 e. The molecule has 1 aliphatic rings. The van der Waals surface area contributed by atoms with E-state index in [1.165, 1.54) is 18.2 Å². The van der Waals surface area contributed by atoms with E-state index in [0.717, 1.165) is 0 Å². The first kappa shape index (κ1) is 17.5.